The number of pyridine rings is 3. The molecule has 0 aliphatic heterocycles. The van der Waals surface area contributed by atoms with E-state index in [-0.39, 0.29) is 38.2 Å². The van der Waals surface area contributed by atoms with Gasteiger partial charge in [0.15, 0.2) is 0 Å². The van der Waals surface area contributed by atoms with Crippen molar-refractivity contribution < 1.29 is 40.3 Å². The minimum absolute atomic E-state index is 0.0751. The zero-order valence-electron chi connectivity index (χ0n) is 47.3. The molecular weight excluding hydrogens is 1200 g/mol. The van der Waals surface area contributed by atoms with Crippen LogP contribution in [-0.4, -0.2) is 81.3 Å². The predicted octanol–water partition coefficient (Wildman–Crippen LogP) is 11.1. The average molecular weight is 1250 g/mol. The highest BCUT2D eigenvalue weighted by Crippen LogP contribution is 2.40. The van der Waals surface area contributed by atoms with Gasteiger partial charge in [0.1, 0.15) is 34.3 Å². The lowest BCUT2D eigenvalue weighted by molar-refractivity contribution is 0.0823. The van der Waals surface area contributed by atoms with Crippen molar-refractivity contribution >= 4 is 85.5 Å². The van der Waals surface area contributed by atoms with Crippen molar-refractivity contribution in [2.45, 2.75) is 32.8 Å². The van der Waals surface area contributed by atoms with Crippen LogP contribution < -0.4 is 0 Å². The summed E-state index contributed by atoms with van der Waals surface area (Å²) >= 11 is 0. The fourth-order valence-corrected chi connectivity index (χ4v) is 16.0. The van der Waals surface area contributed by atoms with E-state index in [4.69, 9.17) is 6.42 Å². The molecular formula is C69H51N9O9S3. The van der Waals surface area contributed by atoms with Gasteiger partial charge in [0.25, 0.3) is 30.1 Å². The minimum atomic E-state index is -4.04. The topological polar surface area (TPSA) is 227 Å². The van der Waals surface area contributed by atoms with Crippen molar-refractivity contribution in [2.24, 2.45) is 0 Å². The third kappa shape index (κ3) is 10.1. The first-order chi connectivity index (χ1) is 43.6. The van der Waals surface area contributed by atoms with E-state index in [9.17, 15) is 40.3 Å². The van der Waals surface area contributed by atoms with Gasteiger partial charge in [-0.2, -0.15) is 0 Å². The maximum Gasteiger partial charge on any atom is 0.268 e. The molecule has 2 N–H and O–H groups in total. The van der Waals surface area contributed by atoms with Crippen molar-refractivity contribution in [3.8, 4) is 12.3 Å². The van der Waals surface area contributed by atoms with Gasteiger partial charge in [-0.1, -0.05) is 121 Å². The van der Waals surface area contributed by atoms with Crippen LogP contribution >= 0.6 is 0 Å². The summed E-state index contributed by atoms with van der Waals surface area (Å²) in [5.74, 6) is 2.12. The molecule has 2 atom stereocenters. The van der Waals surface area contributed by atoms with E-state index >= 15 is 0 Å². The van der Waals surface area contributed by atoms with Gasteiger partial charge in [0.05, 0.1) is 48.2 Å². The highest BCUT2D eigenvalue weighted by Gasteiger charge is 2.40. The Morgan fingerprint density at radius 3 is 1.46 bits per heavy atom. The first-order valence-electron chi connectivity index (χ1n) is 28.0. The Bertz CT molecular complexity index is 5620. The lowest BCUT2D eigenvalue weighted by Gasteiger charge is -2.28. The number of rotatable bonds is 13. The number of aromatic nitrogens is 9. The van der Waals surface area contributed by atoms with E-state index in [1.54, 1.807) is 227 Å². The van der Waals surface area contributed by atoms with Gasteiger partial charge in [-0.15, -0.1) is 12.3 Å². The molecule has 15 rings (SSSR count). The van der Waals surface area contributed by atoms with Crippen LogP contribution in [0, 0.1) is 12.3 Å². The van der Waals surface area contributed by atoms with E-state index in [0.29, 0.717) is 61.0 Å². The molecule has 444 valence electrons. The molecule has 9 aromatic heterocycles. The summed E-state index contributed by atoms with van der Waals surface area (Å²) in [5, 5.41) is 25.4. The number of benzene rings is 6. The standard InChI is InChI=1S/C25H19N3O3S.C22H17N3O3S.C22H15N3O3S/c1-2-14-25(29,21-12-8-16-27-17-15-26-24(21)27)23-18-19-9-6-7-13-22(19)28(23)32(30,31)20-10-4-3-5-11-20;2*26-21(18-10-6-13-24-14-12-23-22(18)24)20-15-16-7-4-5-11-19(16)25(20)29(27,28)17-8-2-1-3-9-17/h1,3-13,15-18,29H,14H2;1-15,21,26H;1-15H. The van der Waals surface area contributed by atoms with E-state index < -0.39 is 47.6 Å². The molecule has 90 heavy (non-hydrogen) atoms. The molecule has 0 spiro atoms. The molecule has 2 unspecified atom stereocenters. The van der Waals surface area contributed by atoms with Gasteiger partial charge in [-0.25, -0.2) is 52.1 Å². The van der Waals surface area contributed by atoms with Crippen LogP contribution in [0.2, 0.25) is 0 Å². The quantitative estimate of drug-likeness (QED) is 0.0812. The maximum atomic E-state index is 13.8. The third-order valence-electron chi connectivity index (χ3n) is 15.4. The summed E-state index contributed by atoms with van der Waals surface area (Å²) < 4.78 is 90.4. The normalized spacial score (nSPS) is 12.9. The van der Waals surface area contributed by atoms with E-state index in [2.05, 4.69) is 20.9 Å². The monoisotopic (exact) mass is 1250 g/mol. The third-order valence-corrected chi connectivity index (χ3v) is 20.7. The Morgan fingerprint density at radius 2 is 0.889 bits per heavy atom. The molecule has 0 fully saturated rings. The number of hydrogen-bond acceptors (Lipinski definition) is 12. The summed E-state index contributed by atoms with van der Waals surface area (Å²) in [7, 11) is -11.9. The van der Waals surface area contributed by atoms with E-state index in [1.807, 2.05) is 36.5 Å². The zero-order valence-corrected chi connectivity index (χ0v) is 49.8. The average Bonchev–Trinajstić information content (AvgIpc) is 1.55. The highest BCUT2D eigenvalue weighted by atomic mass is 32.2. The molecule has 15 aromatic rings. The number of aliphatic hydroxyl groups excluding tert-OH is 1. The first-order valence-corrected chi connectivity index (χ1v) is 32.3. The Hall–Kier alpha value is -11.0. The second-order valence-electron chi connectivity index (χ2n) is 20.8. The summed E-state index contributed by atoms with van der Waals surface area (Å²) in [6.07, 6.45) is 19.9. The number of carbonyl (C=O) groups excluding carboxylic acids is 1. The number of ketones is 1. The molecule has 0 saturated heterocycles. The molecule has 0 aliphatic carbocycles. The SMILES string of the molecule is C#CCC(O)(c1cccn2ccnc12)c1cc2ccccc2n1S(=O)(=O)c1ccccc1.O=C(c1cccn2ccnc12)c1cc2ccccc2n1S(=O)(=O)c1ccccc1.O=S(=O)(c1ccccc1)n1c(C(O)c2cccn3ccnc23)cc2ccccc21. The molecule has 0 saturated carbocycles. The summed E-state index contributed by atoms with van der Waals surface area (Å²) in [4.78, 5) is 26.8. The molecule has 18 nitrogen and oxygen atoms in total. The van der Waals surface area contributed by atoms with E-state index in [1.165, 1.54) is 32.2 Å². The smallest absolute Gasteiger partial charge is 0.268 e. The molecule has 6 aromatic carbocycles. The molecule has 0 radical (unpaired) electrons. The van der Waals surface area contributed by atoms with Crippen LogP contribution in [0.25, 0.3) is 49.7 Å². The molecule has 0 bridgehead atoms. The number of carbonyl (C=O) groups is 1. The Kier molecular flexibility index (Phi) is 15.0. The predicted molar refractivity (Wildman–Crippen MR) is 342 cm³/mol. The van der Waals surface area contributed by atoms with Gasteiger partial charge in [0.2, 0.25) is 5.78 Å². The van der Waals surface area contributed by atoms with Crippen molar-refractivity contribution in [3.05, 3.63) is 308 Å². The van der Waals surface area contributed by atoms with Crippen molar-refractivity contribution in [1.82, 2.24) is 40.1 Å². The zero-order chi connectivity index (χ0) is 62.4. The van der Waals surface area contributed by atoms with E-state index in [0.717, 1.165) is 9.36 Å². The van der Waals surface area contributed by atoms with Crippen molar-refractivity contribution in [1.29, 1.82) is 0 Å². The maximum absolute atomic E-state index is 13.8. The minimum Gasteiger partial charge on any atom is -0.382 e. The number of terminal acetylenes is 1. The first kappa shape index (κ1) is 58.1. The Labute approximate surface area is 515 Å². The van der Waals surface area contributed by atoms with Crippen LogP contribution in [0.15, 0.2) is 289 Å². The molecule has 0 amide bonds. The number of aliphatic hydroxyl groups is 2. The van der Waals surface area contributed by atoms with Crippen LogP contribution in [-0.2, 0) is 35.7 Å². The number of fused-ring (bicyclic) bond motifs is 6. The molecule has 21 heteroatoms. The second-order valence-corrected chi connectivity index (χ2v) is 26.2. The fraction of sp³-hybridized carbons (Fsp3) is 0.0435. The Balaban J connectivity index is 0.000000124. The van der Waals surface area contributed by atoms with Gasteiger partial charge in [-0.3, -0.25) is 4.79 Å². The molecule has 9 heterocycles. The Morgan fingerprint density at radius 1 is 0.467 bits per heavy atom. The summed E-state index contributed by atoms with van der Waals surface area (Å²) in [5.41, 5.74) is 2.98. The van der Waals surface area contributed by atoms with Crippen LogP contribution in [0.4, 0.5) is 0 Å². The number of nitrogens with zero attached hydrogens (tertiary/aromatic N) is 9. The van der Waals surface area contributed by atoms with Crippen molar-refractivity contribution in [3.63, 3.8) is 0 Å². The van der Waals surface area contributed by atoms with Gasteiger partial charge in [-0.05, 0) is 97.1 Å². The summed E-state index contributed by atoms with van der Waals surface area (Å²) in [6.45, 7) is 0. The lowest BCUT2D eigenvalue weighted by Crippen LogP contribution is -2.32. The number of hydrogen-bond donors (Lipinski definition) is 2. The molecule has 0 aliphatic rings. The number of para-hydroxylation sites is 3. The van der Waals surface area contributed by atoms with Crippen molar-refractivity contribution in [2.75, 3.05) is 0 Å². The second kappa shape index (κ2) is 23.3. The largest absolute Gasteiger partial charge is 0.382 e. The number of imidazole rings is 3. The van der Waals surface area contributed by atoms with Crippen LogP contribution in [0.1, 0.15) is 51.1 Å². The van der Waals surface area contributed by atoms with Gasteiger partial charge >= 0.3 is 0 Å². The van der Waals surface area contributed by atoms with Gasteiger partial charge < -0.3 is 23.4 Å². The highest BCUT2D eigenvalue weighted by molar-refractivity contribution is 7.90. The fourth-order valence-electron chi connectivity index (χ4n) is 11.3. The van der Waals surface area contributed by atoms with Crippen LogP contribution in [0.5, 0.6) is 0 Å². The van der Waals surface area contributed by atoms with Crippen LogP contribution in [0.3, 0.4) is 0 Å². The van der Waals surface area contributed by atoms with Gasteiger partial charge in [0, 0.05) is 89.5 Å². The lowest BCUT2D eigenvalue weighted by atomic mass is 9.88. The summed E-state index contributed by atoms with van der Waals surface area (Å²) in [6, 6.07) is 61.3.